The molecule has 0 spiro atoms. The van der Waals surface area contributed by atoms with Gasteiger partial charge in [0, 0.05) is 25.3 Å². The number of rotatable bonds is 3. The molecule has 1 aliphatic heterocycles. The highest BCUT2D eigenvalue weighted by Crippen LogP contribution is 2.24. The van der Waals surface area contributed by atoms with E-state index in [9.17, 15) is 12.8 Å². The van der Waals surface area contributed by atoms with Crippen molar-refractivity contribution < 1.29 is 12.8 Å². The monoisotopic (exact) mass is 287 g/mol. The Bertz CT molecular complexity index is 550. The van der Waals surface area contributed by atoms with Gasteiger partial charge in [0.25, 0.3) is 10.0 Å². The summed E-state index contributed by atoms with van der Waals surface area (Å²) in [6, 6.07) is 2.48. The molecule has 1 aliphatic rings. The second kappa shape index (κ2) is 5.52. The lowest BCUT2D eigenvalue weighted by molar-refractivity contribution is 0.229. The summed E-state index contributed by atoms with van der Waals surface area (Å²) in [5.74, 6) is -0.708. The van der Waals surface area contributed by atoms with E-state index in [4.69, 9.17) is 5.73 Å². The molecule has 2 atom stereocenters. The lowest BCUT2D eigenvalue weighted by Crippen LogP contribution is -2.49. The van der Waals surface area contributed by atoms with Crippen molar-refractivity contribution >= 4 is 10.0 Å². The van der Waals surface area contributed by atoms with Gasteiger partial charge >= 0.3 is 0 Å². The lowest BCUT2D eigenvalue weighted by atomic mass is 9.92. The normalized spacial score (nSPS) is 25.4. The van der Waals surface area contributed by atoms with E-state index in [1.54, 1.807) is 0 Å². The minimum Gasteiger partial charge on any atom is -0.327 e. The number of hydrogen-bond acceptors (Lipinski definition) is 4. The van der Waals surface area contributed by atoms with Crippen molar-refractivity contribution in [3.63, 3.8) is 0 Å². The fourth-order valence-corrected chi connectivity index (χ4v) is 3.84. The number of pyridine rings is 1. The number of sulfonamides is 1. The predicted molar refractivity (Wildman–Crippen MR) is 69.3 cm³/mol. The van der Waals surface area contributed by atoms with Crippen LogP contribution in [0, 0.1) is 11.7 Å². The second-order valence-electron chi connectivity index (χ2n) is 4.77. The zero-order chi connectivity index (χ0) is 14.0. The summed E-state index contributed by atoms with van der Waals surface area (Å²) in [6.07, 6.45) is 2.67. The molecule has 0 aromatic carbocycles. The first-order valence-electron chi connectivity index (χ1n) is 6.33. The van der Waals surface area contributed by atoms with E-state index < -0.39 is 20.9 Å². The molecule has 0 amide bonds. The van der Waals surface area contributed by atoms with E-state index in [-0.39, 0.29) is 12.0 Å². The number of nitrogens with two attached hydrogens (primary N) is 1. The van der Waals surface area contributed by atoms with Crippen molar-refractivity contribution in [2.45, 2.75) is 30.8 Å². The van der Waals surface area contributed by atoms with Gasteiger partial charge in [-0.1, -0.05) is 13.3 Å². The van der Waals surface area contributed by atoms with E-state index in [1.165, 1.54) is 16.6 Å². The lowest BCUT2D eigenvalue weighted by Gasteiger charge is -2.35. The van der Waals surface area contributed by atoms with Crippen molar-refractivity contribution in [3.05, 3.63) is 24.1 Å². The molecule has 1 saturated heterocycles. The number of nitrogens with zero attached hydrogens (tertiary/aromatic N) is 2. The van der Waals surface area contributed by atoms with Crippen molar-refractivity contribution in [2.24, 2.45) is 11.7 Å². The first kappa shape index (κ1) is 14.4. The Hall–Kier alpha value is -1.05. The summed E-state index contributed by atoms with van der Waals surface area (Å²) in [6.45, 7) is 2.62. The number of halogens is 1. The second-order valence-corrected chi connectivity index (χ2v) is 6.63. The molecule has 7 heteroatoms. The molecule has 0 radical (unpaired) electrons. The average Bonchev–Trinajstić information content (AvgIpc) is 2.39. The molecular weight excluding hydrogens is 269 g/mol. The zero-order valence-corrected chi connectivity index (χ0v) is 11.6. The molecular formula is C12H18FN3O2S. The molecule has 1 aromatic heterocycles. The van der Waals surface area contributed by atoms with Crippen LogP contribution in [0.5, 0.6) is 0 Å². The van der Waals surface area contributed by atoms with Gasteiger partial charge in [-0.3, -0.25) is 0 Å². The molecule has 106 valence electrons. The molecule has 2 heterocycles. The summed E-state index contributed by atoms with van der Waals surface area (Å²) in [5, 5.41) is -0.500. The van der Waals surface area contributed by atoms with E-state index >= 15 is 0 Å². The van der Waals surface area contributed by atoms with E-state index in [0.717, 1.165) is 12.5 Å². The minimum atomic E-state index is -3.87. The topological polar surface area (TPSA) is 76.3 Å². The Morgan fingerprint density at radius 2 is 2.32 bits per heavy atom. The maximum absolute atomic E-state index is 13.6. The Morgan fingerprint density at radius 1 is 1.58 bits per heavy atom. The van der Waals surface area contributed by atoms with Crippen molar-refractivity contribution in [1.82, 2.24) is 9.29 Å². The van der Waals surface area contributed by atoms with Crippen LogP contribution in [0.4, 0.5) is 4.39 Å². The highest BCUT2D eigenvalue weighted by molar-refractivity contribution is 7.89. The van der Waals surface area contributed by atoms with Crippen LogP contribution in [0.15, 0.2) is 23.4 Å². The predicted octanol–water partition coefficient (Wildman–Crippen LogP) is 0.969. The third-order valence-electron chi connectivity index (χ3n) is 3.59. The molecule has 0 saturated carbocycles. The van der Waals surface area contributed by atoms with Gasteiger partial charge in [0.05, 0.1) is 0 Å². The molecule has 2 rings (SSSR count). The first-order chi connectivity index (χ1) is 8.96. The van der Waals surface area contributed by atoms with E-state index in [0.29, 0.717) is 19.5 Å². The van der Waals surface area contributed by atoms with Crippen LogP contribution >= 0.6 is 0 Å². The highest BCUT2D eigenvalue weighted by atomic mass is 32.2. The van der Waals surface area contributed by atoms with Crippen LogP contribution in [0.2, 0.25) is 0 Å². The molecule has 1 aromatic rings. The number of aromatic nitrogens is 1. The largest absolute Gasteiger partial charge is 0.327 e. The van der Waals surface area contributed by atoms with Gasteiger partial charge in [-0.15, -0.1) is 0 Å². The smallest absolute Gasteiger partial charge is 0.263 e. The van der Waals surface area contributed by atoms with Gasteiger partial charge in [0.2, 0.25) is 5.03 Å². The molecule has 0 aliphatic carbocycles. The molecule has 1 fully saturated rings. The minimum absolute atomic E-state index is 0.00466. The van der Waals surface area contributed by atoms with Gasteiger partial charge in [-0.05, 0) is 24.5 Å². The number of hydrogen-bond donors (Lipinski definition) is 1. The molecule has 2 N–H and O–H groups in total. The Kier molecular flexibility index (Phi) is 4.17. The SMILES string of the molecule is CCC1CN(S(=O)(=O)c2ncccc2F)CCC1N. The van der Waals surface area contributed by atoms with Crippen LogP contribution in [0.25, 0.3) is 0 Å². The van der Waals surface area contributed by atoms with E-state index in [1.807, 2.05) is 6.92 Å². The van der Waals surface area contributed by atoms with Crippen LogP contribution in [-0.4, -0.2) is 36.8 Å². The Labute approximate surface area is 112 Å². The number of piperidine rings is 1. The first-order valence-corrected chi connectivity index (χ1v) is 7.77. The maximum atomic E-state index is 13.6. The fraction of sp³-hybridized carbons (Fsp3) is 0.583. The highest BCUT2D eigenvalue weighted by Gasteiger charge is 2.35. The van der Waals surface area contributed by atoms with Crippen molar-refractivity contribution in [1.29, 1.82) is 0 Å². The summed E-state index contributed by atoms with van der Waals surface area (Å²) >= 11 is 0. The van der Waals surface area contributed by atoms with Gasteiger partial charge in [0.1, 0.15) is 0 Å². The maximum Gasteiger partial charge on any atom is 0.263 e. The Morgan fingerprint density at radius 3 is 2.95 bits per heavy atom. The quantitative estimate of drug-likeness (QED) is 0.898. The van der Waals surface area contributed by atoms with Crippen LogP contribution < -0.4 is 5.73 Å². The summed E-state index contributed by atoms with van der Waals surface area (Å²) in [7, 11) is -3.87. The summed E-state index contributed by atoms with van der Waals surface area (Å²) in [5.41, 5.74) is 5.95. The van der Waals surface area contributed by atoms with Crippen molar-refractivity contribution in [2.75, 3.05) is 13.1 Å². The van der Waals surface area contributed by atoms with Gasteiger partial charge in [0.15, 0.2) is 5.82 Å². The third-order valence-corrected chi connectivity index (χ3v) is 5.39. The molecule has 5 nitrogen and oxygen atoms in total. The average molecular weight is 287 g/mol. The van der Waals surface area contributed by atoms with E-state index in [2.05, 4.69) is 4.98 Å². The molecule has 19 heavy (non-hydrogen) atoms. The van der Waals surface area contributed by atoms with Gasteiger partial charge in [-0.2, -0.15) is 4.31 Å². The van der Waals surface area contributed by atoms with Gasteiger partial charge < -0.3 is 5.73 Å². The summed E-state index contributed by atoms with van der Waals surface area (Å²) in [4.78, 5) is 3.66. The molecule has 0 bridgehead atoms. The van der Waals surface area contributed by atoms with Gasteiger partial charge in [-0.25, -0.2) is 17.8 Å². The molecule has 2 unspecified atom stereocenters. The standard InChI is InChI=1S/C12H18FN3O2S/c1-2-9-8-16(7-5-11(9)14)19(17,18)12-10(13)4-3-6-15-12/h3-4,6,9,11H,2,5,7-8,14H2,1H3. The van der Waals surface area contributed by atoms with Crippen LogP contribution in [0.1, 0.15) is 19.8 Å². The Balaban J connectivity index is 2.28. The van der Waals surface area contributed by atoms with Crippen LogP contribution in [0.3, 0.4) is 0 Å². The van der Waals surface area contributed by atoms with Crippen molar-refractivity contribution in [3.8, 4) is 0 Å². The van der Waals surface area contributed by atoms with Crippen LogP contribution in [-0.2, 0) is 10.0 Å². The summed E-state index contributed by atoms with van der Waals surface area (Å²) < 4.78 is 39.6. The zero-order valence-electron chi connectivity index (χ0n) is 10.8. The third kappa shape index (κ3) is 2.77. The fourth-order valence-electron chi connectivity index (χ4n) is 2.35.